The molecular weight excluding hydrogens is 951 g/mol. The number of esters is 1. The Hall–Kier alpha value is -8.61. The Balaban J connectivity index is 1.20. The number of cyclic esters (lactones) is 1. The van der Waals surface area contributed by atoms with Gasteiger partial charge in [-0.2, -0.15) is 0 Å². The Morgan fingerprint density at radius 1 is 0.757 bits per heavy atom. The number of nitrogens with zero attached hydrogens (tertiary/aromatic N) is 3. The van der Waals surface area contributed by atoms with E-state index < -0.39 is 65.4 Å². The lowest BCUT2D eigenvalue weighted by Crippen LogP contribution is -2.55. The van der Waals surface area contributed by atoms with E-state index in [1.165, 1.54) is 11.3 Å². The first-order chi connectivity index (χ1) is 36.2. The second-order valence-electron chi connectivity index (χ2n) is 18.3. The first-order valence-electron chi connectivity index (χ1n) is 24.3. The number of rotatable bonds is 11. The highest BCUT2D eigenvalue weighted by molar-refractivity contribution is 7.22. The van der Waals surface area contributed by atoms with Crippen molar-refractivity contribution in [1.82, 2.24) is 15.2 Å². The minimum atomic E-state index is -2.08. The third-order valence-corrected chi connectivity index (χ3v) is 15.0. The van der Waals surface area contributed by atoms with Gasteiger partial charge in [0.05, 0.1) is 53.7 Å². The second-order valence-corrected chi connectivity index (χ2v) is 19.3. The predicted molar refractivity (Wildman–Crippen MR) is 282 cm³/mol. The lowest BCUT2D eigenvalue weighted by atomic mass is 9.65. The van der Waals surface area contributed by atoms with Gasteiger partial charge in [0.1, 0.15) is 35.7 Å². The molecule has 0 aliphatic carbocycles. The van der Waals surface area contributed by atoms with Crippen molar-refractivity contribution < 1.29 is 38.5 Å². The Morgan fingerprint density at radius 2 is 1.42 bits per heavy atom. The number of thiazole rings is 1. The van der Waals surface area contributed by atoms with E-state index in [9.17, 15) is 5.11 Å². The van der Waals surface area contributed by atoms with Crippen LogP contribution in [0.5, 0.6) is 11.5 Å². The summed E-state index contributed by atoms with van der Waals surface area (Å²) >= 11 is 1.26. The fraction of sp³-hybridized carbons (Fsp3) is 0.183. The van der Waals surface area contributed by atoms with Gasteiger partial charge in [-0.1, -0.05) is 138 Å². The zero-order chi connectivity index (χ0) is 50.9. The van der Waals surface area contributed by atoms with Gasteiger partial charge in [-0.3, -0.25) is 19.3 Å². The third kappa shape index (κ3) is 8.50. The molecule has 14 heteroatoms. The third-order valence-electron chi connectivity index (χ3n) is 14.1. The average Bonchev–Trinajstić information content (AvgIpc) is 4.08. The number of aromatic nitrogens is 1. The standard InChI is InChI=1S/C60H49N5O8S/c1-37(40-15-6-3-7-16-40)61-59(70)64-48-32-29-39(26-25-38-27-30-44(71-2)31-28-38)35-46(48)60(57(64)69)50(55(67)63-58-62-47-23-12-13-24-49(47)74-58)52-56(68)73-53(42-19-10-5-11-20-42)51(41-17-8-4-9-18-41)65(52)54(60)43-21-14-22-45(36-43)72-34-33-66/h3-24,27-32,35-37,50-54,66H,33-34H2,1-2H3,(H,61,70)(H,62,63,67)/t37-,50-,51-,52-,53+,54+,60-/m1/s1. The molecule has 4 heterocycles. The fourth-order valence-electron chi connectivity index (χ4n) is 10.9. The van der Waals surface area contributed by atoms with Gasteiger partial charge in [-0.25, -0.2) is 14.7 Å². The summed E-state index contributed by atoms with van der Waals surface area (Å²) < 4.78 is 18.9. The first kappa shape index (κ1) is 47.7. The number of carbonyl (C=O) groups is 4. The number of urea groups is 1. The van der Waals surface area contributed by atoms with Gasteiger partial charge >= 0.3 is 12.0 Å². The van der Waals surface area contributed by atoms with Crippen molar-refractivity contribution >= 4 is 56.2 Å². The number of aliphatic hydroxyl groups is 1. The minimum absolute atomic E-state index is 0.0284. The molecule has 3 aliphatic rings. The normalized spacial score (nSPS) is 21.2. The van der Waals surface area contributed by atoms with E-state index in [2.05, 4.69) is 22.5 Å². The smallest absolute Gasteiger partial charge is 0.329 e. The number of imide groups is 1. The molecule has 0 saturated carbocycles. The number of benzene rings is 7. The number of aliphatic hydroxyl groups excluding tert-OH is 1. The van der Waals surface area contributed by atoms with E-state index in [-0.39, 0.29) is 24.0 Å². The maximum atomic E-state index is 16.9. The van der Waals surface area contributed by atoms with Crippen LogP contribution in [0.15, 0.2) is 182 Å². The molecular formula is C60H49N5O8S. The molecule has 4 amide bonds. The number of anilines is 2. The number of nitrogens with one attached hydrogen (secondary N) is 2. The fourth-order valence-corrected chi connectivity index (χ4v) is 11.8. The highest BCUT2D eigenvalue weighted by atomic mass is 32.1. The summed E-state index contributed by atoms with van der Waals surface area (Å²) in [7, 11) is 1.59. The lowest BCUT2D eigenvalue weighted by molar-refractivity contribution is -0.177. The van der Waals surface area contributed by atoms with E-state index in [1.807, 2.05) is 157 Å². The van der Waals surface area contributed by atoms with E-state index in [0.29, 0.717) is 44.8 Å². The molecule has 8 aromatic rings. The minimum Gasteiger partial charge on any atom is -0.497 e. The van der Waals surface area contributed by atoms with E-state index in [1.54, 1.807) is 43.5 Å². The van der Waals surface area contributed by atoms with Gasteiger partial charge in [0.2, 0.25) is 11.8 Å². The summed E-state index contributed by atoms with van der Waals surface area (Å²) in [6.45, 7) is 1.54. The largest absolute Gasteiger partial charge is 0.497 e. The maximum absolute atomic E-state index is 16.9. The molecule has 2 fully saturated rings. The Labute approximate surface area is 431 Å². The number of fused-ring (bicyclic) bond motifs is 4. The number of carbonyl (C=O) groups excluding carboxylic acids is 4. The SMILES string of the molecule is COc1ccc(C#Cc2ccc3c(c2)[C@]2(C(=O)N3C(=O)N[C@H](C)c3ccccc3)[C@H](c3cccc(OCCO)c3)N3[C@H](c4ccccc4)[C@H](c4ccccc4)OC(=O)[C@H]3[C@@H]2C(=O)Nc2nc3ccccc3s2)cc1. The average molecular weight is 1000 g/mol. The second kappa shape index (κ2) is 20.1. The lowest BCUT2D eigenvalue weighted by Gasteiger charge is -2.46. The van der Waals surface area contributed by atoms with Gasteiger partial charge in [-0.15, -0.1) is 0 Å². The van der Waals surface area contributed by atoms with Crippen molar-refractivity contribution in [2.45, 2.75) is 42.6 Å². The summed E-state index contributed by atoms with van der Waals surface area (Å²) in [5.74, 6) is 3.81. The van der Waals surface area contributed by atoms with Crippen molar-refractivity contribution in [2.75, 3.05) is 30.5 Å². The summed E-state index contributed by atoms with van der Waals surface area (Å²) in [5.41, 5.74) is 2.98. The number of hydrogen-bond acceptors (Lipinski definition) is 11. The van der Waals surface area contributed by atoms with Crippen LogP contribution in [0.3, 0.4) is 0 Å². The van der Waals surface area contributed by atoms with Crippen molar-refractivity contribution in [3.8, 4) is 23.3 Å². The van der Waals surface area contributed by atoms with Gasteiger partial charge < -0.3 is 30.0 Å². The van der Waals surface area contributed by atoms with Crippen molar-refractivity contribution in [3.05, 3.63) is 221 Å². The quantitative estimate of drug-likeness (QED) is 0.0841. The van der Waals surface area contributed by atoms with Crippen LogP contribution < -0.4 is 25.0 Å². The summed E-state index contributed by atoms with van der Waals surface area (Å²) in [6, 6.07) is 50.7. The number of para-hydroxylation sites is 1. The topological polar surface area (TPSA) is 160 Å². The molecule has 11 rings (SSSR count). The first-order valence-corrected chi connectivity index (χ1v) is 25.1. The van der Waals surface area contributed by atoms with Gasteiger partial charge in [0.15, 0.2) is 5.13 Å². The zero-order valence-corrected chi connectivity index (χ0v) is 41.1. The summed E-state index contributed by atoms with van der Waals surface area (Å²) in [5, 5.41) is 16.3. The molecule has 1 aromatic heterocycles. The van der Waals surface area contributed by atoms with Gasteiger partial charge in [0, 0.05) is 11.1 Å². The number of ether oxygens (including phenoxy) is 3. The van der Waals surface area contributed by atoms with Crippen LogP contribution in [-0.2, 0) is 24.5 Å². The van der Waals surface area contributed by atoms with Gasteiger partial charge in [-0.05, 0) is 101 Å². The van der Waals surface area contributed by atoms with E-state index in [0.717, 1.165) is 20.7 Å². The molecule has 2 saturated heterocycles. The molecule has 7 atom stereocenters. The van der Waals surface area contributed by atoms with Crippen LogP contribution in [-0.4, -0.2) is 65.2 Å². The maximum Gasteiger partial charge on any atom is 0.329 e. The van der Waals surface area contributed by atoms with Crippen LogP contribution in [0.2, 0.25) is 0 Å². The van der Waals surface area contributed by atoms with Crippen molar-refractivity contribution in [3.63, 3.8) is 0 Å². The molecule has 7 aromatic carbocycles. The molecule has 3 N–H and O–H groups in total. The number of amides is 4. The van der Waals surface area contributed by atoms with Crippen LogP contribution in [0, 0.1) is 17.8 Å². The summed E-state index contributed by atoms with van der Waals surface area (Å²) in [6.07, 6.45) is -0.939. The van der Waals surface area contributed by atoms with Crippen molar-refractivity contribution in [2.24, 2.45) is 5.92 Å². The molecule has 368 valence electrons. The van der Waals surface area contributed by atoms with E-state index in [4.69, 9.17) is 19.2 Å². The molecule has 13 nitrogen and oxygen atoms in total. The van der Waals surface area contributed by atoms with Crippen LogP contribution in [0.1, 0.15) is 70.1 Å². The summed E-state index contributed by atoms with van der Waals surface area (Å²) in [4.78, 5) is 71.8. The number of hydrogen-bond donors (Lipinski definition) is 3. The molecule has 3 aliphatic heterocycles. The van der Waals surface area contributed by atoms with Crippen molar-refractivity contribution in [1.29, 1.82) is 0 Å². The van der Waals surface area contributed by atoms with Crippen LogP contribution in [0.25, 0.3) is 10.2 Å². The Bertz CT molecular complexity index is 3440. The molecule has 0 unspecified atom stereocenters. The number of methoxy groups -OCH3 is 1. The Kier molecular flexibility index (Phi) is 13.0. The Morgan fingerprint density at radius 3 is 2.14 bits per heavy atom. The van der Waals surface area contributed by atoms with Crippen LogP contribution >= 0.6 is 11.3 Å². The molecule has 0 radical (unpaired) electrons. The predicted octanol–water partition coefficient (Wildman–Crippen LogP) is 9.85. The monoisotopic (exact) mass is 999 g/mol. The highest BCUT2D eigenvalue weighted by Gasteiger charge is 2.75. The molecule has 1 spiro atoms. The molecule has 74 heavy (non-hydrogen) atoms. The van der Waals surface area contributed by atoms with Crippen LogP contribution in [0.4, 0.5) is 15.6 Å². The highest BCUT2D eigenvalue weighted by Crippen LogP contribution is 2.66. The van der Waals surface area contributed by atoms with Gasteiger partial charge in [0.25, 0.3) is 0 Å². The molecule has 0 bridgehead atoms. The van der Waals surface area contributed by atoms with E-state index >= 15 is 19.2 Å². The number of morpholine rings is 1. The zero-order valence-electron chi connectivity index (χ0n) is 40.3.